The third kappa shape index (κ3) is 4.16. The van der Waals surface area contributed by atoms with Gasteiger partial charge >= 0.3 is 0 Å². The molecule has 3 nitrogen and oxygen atoms in total. The fraction of sp³-hybridized carbons (Fsp3) is 0.545. The summed E-state index contributed by atoms with van der Waals surface area (Å²) in [5.74, 6) is 0. The van der Waals surface area contributed by atoms with Crippen LogP contribution < -0.4 is 5.32 Å². The van der Waals surface area contributed by atoms with E-state index in [4.69, 9.17) is 16.3 Å². The lowest BCUT2D eigenvalue weighted by Crippen LogP contribution is -2.32. The topological polar surface area (TPSA) is 34.1 Å². The maximum Gasteiger partial charge on any atom is 0.133 e. The van der Waals surface area contributed by atoms with Gasteiger partial charge in [0, 0.05) is 31.5 Å². The molecule has 0 amide bonds. The highest BCUT2D eigenvalue weighted by Crippen LogP contribution is 2.11. The van der Waals surface area contributed by atoms with Crippen LogP contribution in [-0.2, 0) is 11.3 Å². The number of aromatic nitrogens is 1. The number of rotatable bonds is 6. The highest BCUT2D eigenvalue weighted by Gasteiger charge is 2.06. The van der Waals surface area contributed by atoms with Crippen molar-refractivity contribution in [2.75, 3.05) is 13.7 Å². The van der Waals surface area contributed by atoms with Crippen LogP contribution in [0.25, 0.3) is 0 Å². The molecule has 0 aromatic carbocycles. The molecule has 0 saturated heterocycles. The van der Waals surface area contributed by atoms with E-state index in [1.54, 1.807) is 13.3 Å². The van der Waals surface area contributed by atoms with E-state index in [1.165, 1.54) is 0 Å². The van der Waals surface area contributed by atoms with Crippen molar-refractivity contribution in [1.29, 1.82) is 0 Å². The zero-order valence-electron chi connectivity index (χ0n) is 9.16. The zero-order valence-corrected chi connectivity index (χ0v) is 9.92. The van der Waals surface area contributed by atoms with Gasteiger partial charge in [0.2, 0.25) is 0 Å². The molecule has 0 fully saturated rings. The molecule has 0 bridgehead atoms. The van der Waals surface area contributed by atoms with Crippen LogP contribution in [0, 0.1) is 0 Å². The Hall–Kier alpha value is -0.640. The van der Waals surface area contributed by atoms with Crippen molar-refractivity contribution in [2.45, 2.75) is 25.9 Å². The lowest BCUT2D eigenvalue weighted by atomic mass is 10.2. The maximum atomic E-state index is 5.95. The highest BCUT2D eigenvalue weighted by molar-refractivity contribution is 6.30. The van der Waals surface area contributed by atoms with E-state index in [0.29, 0.717) is 17.8 Å². The van der Waals surface area contributed by atoms with Crippen LogP contribution in [0.3, 0.4) is 0 Å². The molecule has 0 aliphatic heterocycles. The third-order valence-electron chi connectivity index (χ3n) is 2.28. The number of ether oxygens (including phenoxy) is 1. The average Bonchev–Trinajstić information content (AvgIpc) is 2.26. The summed E-state index contributed by atoms with van der Waals surface area (Å²) in [6, 6.07) is 4.23. The van der Waals surface area contributed by atoms with Crippen molar-refractivity contribution in [3.8, 4) is 0 Å². The summed E-state index contributed by atoms with van der Waals surface area (Å²) >= 11 is 5.95. The lowest BCUT2D eigenvalue weighted by Gasteiger charge is -2.15. The van der Waals surface area contributed by atoms with Crippen LogP contribution >= 0.6 is 11.6 Å². The molecule has 1 rings (SSSR count). The van der Waals surface area contributed by atoms with Crippen LogP contribution in [0.15, 0.2) is 18.3 Å². The Morgan fingerprint density at radius 2 is 2.40 bits per heavy atom. The average molecular weight is 229 g/mol. The van der Waals surface area contributed by atoms with Gasteiger partial charge in [-0.15, -0.1) is 0 Å². The minimum Gasteiger partial charge on any atom is -0.383 e. The number of nitrogens with one attached hydrogen (secondary N) is 1. The Balaban J connectivity index is 2.45. The minimum absolute atomic E-state index is 0.367. The summed E-state index contributed by atoms with van der Waals surface area (Å²) in [6.45, 7) is 3.57. The summed E-state index contributed by atoms with van der Waals surface area (Å²) < 4.78 is 5.10. The van der Waals surface area contributed by atoms with E-state index in [9.17, 15) is 0 Å². The molecule has 1 aromatic rings. The van der Waals surface area contributed by atoms with Gasteiger partial charge in [0.15, 0.2) is 0 Å². The van der Waals surface area contributed by atoms with Crippen LogP contribution in [0.1, 0.15) is 18.9 Å². The molecular weight excluding hydrogens is 212 g/mol. The predicted molar refractivity (Wildman–Crippen MR) is 62.0 cm³/mol. The smallest absolute Gasteiger partial charge is 0.133 e. The minimum atomic E-state index is 0.367. The van der Waals surface area contributed by atoms with E-state index in [0.717, 1.165) is 18.5 Å². The summed E-state index contributed by atoms with van der Waals surface area (Å²) in [6.07, 6.45) is 2.73. The van der Waals surface area contributed by atoms with Crippen LogP contribution in [-0.4, -0.2) is 24.7 Å². The standard InChI is InChI=1S/C11H17ClN2O/c1-3-10(8-15-2)14-7-9-5-4-6-13-11(9)12/h4-6,10,14H,3,7-8H2,1-2H3. The zero-order chi connectivity index (χ0) is 11.1. The number of hydrogen-bond acceptors (Lipinski definition) is 3. The van der Waals surface area contributed by atoms with E-state index >= 15 is 0 Å². The van der Waals surface area contributed by atoms with Crippen molar-refractivity contribution < 1.29 is 4.74 Å². The van der Waals surface area contributed by atoms with Gasteiger partial charge in [-0.1, -0.05) is 24.6 Å². The van der Waals surface area contributed by atoms with Gasteiger partial charge in [-0.05, 0) is 12.5 Å². The first-order valence-corrected chi connectivity index (χ1v) is 5.47. The Labute approximate surface area is 95.8 Å². The Bertz CT molecular complexity index is 294. The first-order chi connectivity index (χ1) is 7.27. The molecular formula is C11H17ClN2O. The van der Waals surface area contributed by atoms with Crippen molar-refractivity contribution >= 4 is 11.6 Å². The molecule has 0 aliphatic rings. The number of hydrogen-bond donors (Lipinski definition) is 1. The molecule has 1 N–H and O–H groups in total. The van der Waals surface area contributed by atoms with Gasteiger partial charge in [0.25, 0.3) is 0 Å². The molecule has 0 spiro atoms. The molecule has 0 aliphatic carbocycles. The second kappa shape index (κ2) is 6.77. The van der Waals surface area contributed by atoms with Crippen molar-refractivity contribution in [2.24, 2.45) is 0 Å². The Morgan fingerprint density at radius 1 is 1.60 bits per heavy atom. The van der Waals surface area contributed by atoms with E-state index < -0.39 is 0 Å². The molecule has 15 heavy (non-hydrogen) atoms. The van der Waals surface area contributed by atoms with E-state index in [-0.39, 0.29) is 0 Å². The first-order valence-electron chi connectivity index (χ1n) is 5.09. The molecule has 84 valence electrons. The maximum absolute atomic E-state index is 5.95. The van der Waals surface area contributed by atoms with E-state index in [1.807, 2.05) is 12.1 Å². The number of methoxy groups -OCH3 is 1. The second-order valence-electron chi connectivity index (χ2n) is 3.39. The summed E-state index contributed by atoms with van der Waals surface area (Å²) in [4.78, 5) is 4.02. The van der Waals surface area contributed by atoms with Crippen molar-refractivity contribution in [3.63, 3.8) is 0 Å². The van der Waals surface area contributed by atoms with Gasteiger partial charge in [-0.25, -0.2) is 4.98 Å². The largest absolute Gasteiger partial charge is 0.383 e. The number of pyridine rings is 1. The van der Waals surface area contributed by atoms with Crippen molar-refractivity contribution in [3.05, 3.63) is 29.0 Å². The monoisotopic (exact) mass is 228 g/mol. The fourth-order valence-electron chi connectivity index (χ4n) is 1.33. The van der Waals surface area contributed by atoms with Gasteiger partial charge in [-0.2, -0.15) is 0 Å². The summed E-state index contributed by atoms with van der Waals surface area (Å²) in [5.41, 5.74) is 1.02. The molecule has 1 atom stereocenters. The van der Waals surface area contributed by atoms with Crippen molar-refractivity contribution in [1.82, 2.24) is 10.3 Å². The summed E-state index contributed by atoms with van der Waals surface area (Å²) in [5, 5.41) is 3.94. The van der Waals surface area contributed by atoms with Crippen LogP contribution in [0.4, 0.5) is 0 Å². The second-order valence-corrected chi connectivity index (χ2v) is 3.75. The Morgan fingerprint density at radius 3 is 3.00 bits per heavy atom. The van der Waals surface area contributed by atoms with Gasteiger partial charge in [0.05, 0.1) is 6.61 Å². The molecule has 1 unspecified atom stereocenters. The van der Waals surface area contributed by atoms with Gasteiger partial charge in [-0.3, -0.25) is 0 Å². The van der Waals surface area contributed by atoms with Crippen LogP contribution in [0.5, 0.6) is 0 Å². The summed E-state index contributed by atoms with van der Waals surface area (Å²) in [7, 11) is 1.71. The van der Waals surface area contributed by atoms with E-state index in [2.05, 4.69) is 17.2 Å². The fourth-order valence-corrected chi connectivity index (χ4v) is 1.51. The quantitative estimate of drug-likeness (QED) is 0.759. The molecule has 0 radical (unpaired) electrons. The van der Waals surface area contributed by atoms with Gasteiger partial charge in [0.1, 0.15) is 5.15 Å². The molecule has 4 heteroatoms. The number of nitrogens with zero attached hydrogens (tertiary/aromatic N) is 1. The highest BCUT2D eigenvalue weighted by atomic mass is 35.5. The number of halogens is 1. The van der Waals surface area contributed by atoms with Crippen LogP contribution in [0.2, 0.25) is 5.15 Å². The normalized spacial score (nSPS) is 12.7. The Kier molecular flexibility index (Phi) is 5.61. The SMILES string of the molecule is CCC(COC)NCc1cccnc1Cl. The lowest BCUT2D eigenvalue weighted by molar-refractivity contribution is 0.164. The predicted octanol–water partition coefficient (Wildman–Crippen LogP) is 2.25. The first kappa shape index (κ1) is 12.4. The third-order valence-corrected chi connectivity index (χ3v) is 2.62. The van der Waals surface area contributed by atoms with Gasteiger partial charge < -0.3 is 10.1 Å². The molecule has 1 aromatic heterocycles. The molecule has 1 heterocycles. The molecule has 0 saturated carbocycles.